The van der Waals surface area contributed by atoms with E-state index in [1.807, 2.05) is 12.1 Å². The van der Waals surface area contributed by atoms with Crippen molar-refractivity contribution in [3.05, 3.63) is 58.7 Å². The average Bonchev–Trinajstić information content (AvgIpc) is 2.52. The van der Waals surface area contributed by atoms with Gasteiger partial charge in [0.2, 0.25) is 0 Å². The molecule has 0 saturated heterocycles. The minimum absolute atomic E-state index is 0.484. The van der Waals surface area contributed by atoms with Crippen LogP contribution < -0.4 is 0 Å². The van der Waals surface area contributed by atoms with Crippen molar-refractivity contribution in [3.8, 4) is 0 Å². The standard InChI is InChI=1S/C23H32O3Si/c1-27(25,26)17-7-3-2-4-14-20(18-10-8-11-18)21-15-5-6-16-22(21)23(24)19-12-9-13-19/h4-6,14-16,24-26H,2-3,7-13,17H2,1H3/b14-4+. The zero-order chi connectivity index (χ0) is 19.3. The molecule has 2 saturated carbocycles. The first kappa shape index (κ1) is 20.1. The molecule has 2 aliphatic carbocycles. The number of hydrogen-bond acceptors (Lipinski definition) is 3. The maximum absolute atomic E-state index is 10.7. The molecule has 3 nitrogen and oxygen atoms in total. The van der Waals surface area contributed by atoms with Crippen LogP contribution in [0, 0.1) is 0 Å². The van der Waals surface area contributed by atoms with Crippen LogP contribution in [0.4, 0.5) is 0 Å². The minimum Gasteiger partial charge on any atom is -0.507 e. The summed E-state index contributed by atoms with van der Waals surface area (Å²) in [4.78, 5) is 19.0. The van der Waals surface area contributed by atoms with E-state index in [9.17, 15) is 14.7 Å². The van der Waals surface area contributed by atoms with Crippen LogP contribution in [0.5, 0.6) is 0 Å². The molecule has 0 heterocycles. The van der Waals surface area contributed by atoms with Gasteiger partial charge in [0, 0.05) is 5.56 Å². The molecule has 0 spiro atoms. The summed E-state index contributed by atoms with van der Waals surface area (Å²) >= 11 is 0. The molecule has 2 fully saturated rings. The third kappa shape index (κ3) is 5.44. The van der Waals surface area contributed by atoms with Gasteiger partial charge >= 0.3 is 8.56 Å². The van der Waals surface area contributed by atoms with Crippen molar-refractivity contribution in [2.75, 3.05) is 0 Å². The van der Waals surface area contributed by atoms with Gasteiger partial charge < -0.3 is 14.7 Å². The smallest absolute Gasteiger partial charge is 0.329 e. The highest BCUT2D eigenvalue weighted by Crippen LogP contribution is 2.39. The molecule has 1 aromatic rings. The Morgan fingerprint density at radius 1 is 0.963 bits per heavy atom. The molecule has 1 aromatic carbocycles. The summed E-state index contributed by atoms with van der Waals surface area (Å²) in [6.45, 7) is 1.57. The molecular weight excluding hydrogens is 352 g/mol. The number of aliphatic hydroxyl groups is 1. The van der Waals surface area contributed by atoms with Crippen molar-refractivity contribution in [1.82, 2.24) is 0 Å². The van der Waals surface area contributed by atoms with Crippen LogP contribution in [0.2, 0.25) is 12.6 Å². The zero-order valence-corrected chi connectivity index (χ0v) is 17.4. The van der Waals surface area contributed by atoms with Crippen molar-refractivity contribution in [1.29, 1.82) is 0 Å². The van der Waals surface area contributed by atoms with E-state index >= 15 is 0 Å². The zero-order valence-electron chi connectivity index (χ0n) is 16.4. The summed E-state index contributed by atoms with van der Waals surface area (Å²) < 4.78 is 0. The van der Waals surface area contributed by atoms with Gasteiger partial charge in [0.1, 0.15) is 5.76 Å². The lowest BCUT2D eigenvalue weighted by Gasteiger charge is -2.24. The highest BCUT2D eigenvalue weighted by molar-refractivity contribution is 6.63. The van der Waals surface area contributed by atoms with Gasteiger partial charge in [-0.1, -0.05) is 48.4 Å². The highest BCUT2D eigenvalue weighted by atomic mass is 28.4. The summed E-state index contributed by atoms with van der Waals surface area (Å²) in [7, 11) is -2.90. The van der Waals surface area contributed by atoms with Crippen molar-refractivity contribution in [2.24, 2.45) is 0 Å². The molecule has 0 radical (unpaired) electrons. The molecule has 0 bridgehead atoms. The molecular formula is C23H32O3Si. The van der Waals surface area contributed by atoms with E-state index < -0.39 is 8.56 Å². The molecule has 0 aromatic heterocycles. The Kier molecular flexibility index (Phi) is 6.74. The molecule has 0 atom stereocenters. The number of allylic oxidation sites excluding steroid dienone is 5. The Balaban J connectivity index is 1.75. The summed E-state index contributed by atoms with van der Waals surface area (Å²) in [5.41, 5.74) is 6.05. The molecule has 4 heteroatoms. The average molecular weight is 385 g/mol. The van der Waals surface area contributed by atoms with Crippen molar-refractivity contribution < 1.29 is 14.7 Å². The summed E-state index contributed by atoms with van der Waals surface area (Å²) in [5.74, 6) is 0.484. The number of aliphatic hydroxyl groups excluding tert-OH is 1. The fourth-order valence-corrected chi connectivity index (χ4v) is 4.57. The van der Waals surface area contributed by atoms with Gasteiger partial charge in [-0.2, -0.15) is 0 Å². The topological polar surface area (TPSA) is 60.7 Å². The number of unbranched alkanes of at least 4 members (excludes halogenated alkanes) is 2. The largest absolute Gasteiger partial charge is 0.507 e. The second-order valence-corrected chi connectivity index (χ2v) is 11.0. The molecule has 0 amide bonds. The van der Waals surface area contributed by atoms with Crippen molar-refractivity contribution in [3.63, 3.8) is 0 Å². The second-order valence-electron chi connectivity index (χ2n) is 8.09. The van der Waals surface area contributed by atoms with E-state index in [4.69, 9.17) is 0 Å². The van der Waals surface area contributed by atoms with Gasteiger partial charge in [0.25, 0.3) is 0 Å². The van der Waals surface area contributed by atoms with Gasteiger partial charge in [-0.3, -0.25) is 0 Å². The van der Waals surface area contributed by atoms with Crippen LogP contribution in [-0.4, -0.2) is 23.3 Å². The van der Waals surface area contributed by atoms with E-state index in [1.165, 1.54) is 29.6 Å². The molecule has 27 heavy (non-hydrogen) atoms. The van der Waals surface area contributed by atoms with E-state index in [0.29, 0.717) is 11.8 Å². The molecule has 3 N–H and O–H groups in total. The Labute approximate surface area is 164 Å². The van der Waals surface area contributed by atoms with E-state index in [0.717, 1.165) is 56.1 Å². The van der Waals surface area contributed by atoms with Crippen LogP contribution in [-0.2, 0) is 0 Å². The third-order valence-electron chi connectivity index (χ3n) is 5.66. The van der Waals surface area contributed by atoms with Gasteiger partial charge in [0.15, 0.2) is 0 Å². The van der Waals surface area contributed by atoms with Gasteiger partial charge in [-0.05, 0) is 80.7 Å². The lowest BCUT2D eigenvalue weighted by molar-refractivity contribution is 0.366. The van der Waals surface area contributed by atoms with Gasteiger partial charge in [0.05, 0.1) is 0 Å². The fourth-order valence-electron chi connectivity index (χ4n) is 3.65. The Morgan fingerprint density at radius 2 is 1.59 bits per heavy atom. The summed E-state index contributed by atoms with van der Waals surface area (Å²) in [5, 5.41) is 10.7. The quantitative estimate of drug-likeness (QED) is 0.299. The van der Waals surface area contributed by atoms with E-state index in [-0.39, 0.29) is 0 Å². The monoisotopic (exact) mass is 384 g/mol. The predicted molar refractivity (Wildman–Crippen MR) is 114 cm³/mol. The predicted octanol–water partition coefficient (Wildman–Crippen LogP) is 5.86. The van der Waals surface area contributed by atoms with Crippen LogP contribution in [0.3, 0.4) is 0 Å². The second kappa shape index (κ2) is 9.05. The highest BCUT2D eigenvalue weighted by Gasteiger charge is 2.21. The Morgan fingerprint density at radius 3 is 2.15 bits per heavy atom. The third-order valence-corrected chi connectivity index (χ3v) is 6.96. The molecule has 3 rings (SSSR count). The normalized spacial score (nSPS) is 17.0. The van der Waals surface area contributed by atoms with Crippen LogP contribution >= 0.6 is 0 Å². The first-order valence-corrected chi connectivity index (χ1v) is 12.9. The fraction of sp³-hybridized carbons (Fsp3) is 0.478. The number of benzene rings is 1. The van der Waals surface area contributed by atoms with Crippen molar-refractivity contribution >= 4 is 19.9 Å². The molecule has 146 valence electrons. The van der Waals surface area contributed by atoms with Crippen molar-refractivity contribution in [2.45, 2.75) is 70.4 Å². The van der Waals surface area contributed by atoms with Gasteiger partial charge in [-0.15, -0.1) is 0 Å². The first-order valence-electron chi connectivity index (χ1n) is 10.3. The maximum atomic E-state index is 10.7. The van der Waals surface area contributed by atoms with E-state index in [1.54, 1.807) is 6.55 Å². The first-order chi connectivity index (χ1) is 13.0. The summed E-state index contributed by atoms with van der Waals surface area (Å²) in [6.07, 6.45) is 13.9. The lowest BCUT2D eigenvalue weighted by Crippen LogP contribution is -2.29. The summed E-state index contributed by atoms with van der Waals surface area (Å²) in [6, 6.07) is 8.77. The van der Waals surface area contributed by atoms with Crippen LogP contribution in [0.25, 0.3) is 11.3 Å². The lowest BCUT2D eigenvalue weighted by atomic mass is 9.82. The van der Waals surface area contributed by atoms with Gasteiger partial charge in [-0.25, -0.2) is 0 Å². The molecule has 0 unspecified atom stereocenters. The van der Waals surface area contributed by atoms with E-state index in [2.05, 4.69) is 24.3 Å². The molecule has 0 aliphatic heterocycles. The SMILES string of the molecule is C[Si](O)(O)CCCC/C=C/C(=C1CCC1)c1ccccc1C(O)=C1CCC1. The number of rotatable bonds is 8. The Bertz CT molecular complexity index is 741. The minimum atomic E-state index is -2.90. The Hall–Kier alpha value is -1.62. The molecule has 2 aliphatic rings. The number of hydrogen-bond donors (Lipinski definition) is 3. The van der Waals surface area contributed by atoms with Crippen LogP contribution in [0.15, 0.2) is 47.6 Å². The maximum Gasteiger partial charge on any atom is 0.329 e. The van der Waals surface area contributed by atoms with Crippen LogP contribution in [0.1, 0.15) is 68.9 Å².